The van der Waals surface area contributed by atoms with Crippen molar-refractivity contribution in [1.82, 2.24) is 15.6 Å². The fourth-order valence-corrected chi connectivity index (χ4v) is 2.87. The molecule has 0 amide bonds. The van der Waals surface area contributed by atoms with Crippen molar-refractivity contribution in [1.29, 1.82) is 0 Å². The summed E-state index contributed by atoms with van der Waals surface area (Å²) in [6, 6.07) is 0.611. The number of nitrogens with zero attached hydrogens (tertiary/aromatic N) is 2. The molecule has 4 nitrogen and oxygen atoms in total. The highest BCUT2D eigenvalue weighted by Gasteiger charge is 2.33. The van der Waals surface area contributed by atoms with Crippen LogP contribution >= 0.6 is 35.3 Å². The predicted octanol–water partition coefficient (Wildman–Crippen LogP) is 3.39. The van der Waals surface area contributed by atoms with Crippen molar-refractivity contribution in [2.24, 2.45) is 10.9 Å². The number of nitrogens with one attached hydrogen (secondary N) is 2. The van der Waals surface area contributed by atoms with Crippen LogP contribution in [0.2, 0.25) is 0 Å². The van der Waals surface area contributed by atoms with Crippen LogP contribution in [-0.4, -0.2) is 30.1 Å². The van der Waals surface area contributed by atoms with Gasteiger partial charge in [0.1, 0.15) is 0 Å². The minimum absolute atomic E-state index is 0. The van der Waals surface area contributed by atoms with Gasteiger partial charge in [0.2, 0.25) is 0 Å². The molecule has 6 heteroatoms. The SMILES string of the molecule is CCNC(=NCCc1csc(C(C)C)n1)NC1CC1C.I. The van der Waals surface area contributed by atoms with Crippen LogP contribution in [0.1, 0.15) is 50.7 Å². The zero-order valence-corrected chi connectivity index (χ0v) is 16.5. The lowest BCUT2D eigenvalue weighted by atomic mass is 10.2. The van der Waals surface area contributed by atoms with E-state index in [1.54, 1.807) is 11.3 Å². The molecule has 1 aromatic rings. The quantitative estimate of drug-likeness (QED) is 0.420. The molecule has 1 fully saturated rings. The Balaban J connectivity index is 0.00000220. The maximum Gasteiger partial charge on any atom is 0.191 e. The third kappa shape index (κ3) is 6.10. The maximum absolute atomic E-state index is 4.65. The van der Waals surface area contributed by atoms with Gasteiger partial charge >= 0.3 is 0 Å². The van der Waals surface area contributed by atoms with E-state index in [2.05, 4.69) is 53.7 Å². The first kappa shape index (κ1) is 18.7. The third-order valence-corrected chi connectivity index (χ3v) is 4.67. The monoisotopic (exact) mass is 422 g/mol. The first-order valence-electron chi connectivity index (χ1n) is 7.59. The smallest absolute Gasteiger partial charge is 0.191 e. The zero-order valence-electron chi connectivity index (χ0n) is 13.3. The van der Waals surface area contributed by atoms with Gasteiger partial charge < -0.3 is 10.6 Å². The number of guanidine groups is 1. The van der Waals surface area contributed by atoms with Crippen molar-refractivity contribution in [2.45, 2.75) is 52.5 Å². The second-order valence-corrected chi connectivity index (χ2v) is 6.70. The van der Waals surface area contributed by atoms with Gasteiger partial charge in [-0.15, -0.1) is 35.3 Å². The van der Waals surface area contributed by atoms with Crippen molar-refractivity contribution >= 4 is 41.3 Å². The number of rotatable bonds is 6. The number of hydrogen-bond donors (Lipinski definition) is 2. The molecule has 120 valence electrons. The van der Waals surface area contributed by atoms with Crippen molar-refractivity contribution in [3.05, 3.63) is 16.1 Å². The summed E-state index contributed by atoms with van der Waals surface area (Å²) >= 11 is 1.76. The lowest BCUT2D eigenvalue weighted by Crippen LogP contribution is -2.39. The van der Waals surface area contributed by atoms with Crippen LogP contribution in [-0.2, 0) is 6.42 Å². The van der Waals surface area contributed by atoms with Crippen LogP contribution in [0.15, 0.2) is 10.4 Å². The van der Waals surface area contributed by atoms with E-state index >= 15 is 0 Å². The van der Waals surface area contributed by atoms with E-state index < -0.39 is 0 Å². The molecule has 0 aromatic carbocycles. The predicted molar refractivity (Wildman–Crippen MR) is 102 cm³/mol. The molecule has 2 rings (SSSR count). The molecule has 1 aliphatic carbocycles. The topological polar surface area (TPSA) is 49.3 Å². The van der Waals surface area contributed by atoms with Crippen LogP contribution in [0.25, 0.3) is 0 Å². The summed E-state index contributed by atoms with van der Waals surface area (Å²) in [6.07, 6.45) is 2.17. The van der Waals surface area contributed by atoms with Crippen LogP contribution in [0, 0.1) is 5.92 Å². The van der Waals surface area contributed by atoms with Crippen molar-refractivity contribution in [3.8, 4) is 0 Å². The summed E-state index contributed by atoms with van der Waals surface area (Å²) in [5, 5.41) is 10.2. The molecule has 1 heterocycles. The van der Waals surface area contributed by atoms with Crippen molar-refractivity contribution in [2.75, 3.05) is 13.1 Å². The highest BCUT2D eigenvalue weighted by atomic mass is 127. The highest BCUT2D eigenvalue weighted by molar-refractivity contribution is 14.0. The second-order valence-electron chi connectivity index (χ2n) is 5.81. The molecule has 0 saturated heterocycles. The summed E-state index contributed by atoms with van der Waals surface area (Å²) in [5.74, 6) is 2.25. The molecule has 0 spiro atoms. The van der Waals surface area contributed by atoms with E-state index in [1.807, 2.05) is 0 Å². The van der Waals surface area contributed by atoms with Gasteiger partial charge in [0.25, 0.3) is 0 Å². The number of halogens is 1. The number of aromatic nitrogens is 1. The van der Waals surface area contributed by atoms with Gasteiger partial charge in [-0.3, -0.25) is 4.99 Å². The van der Waals surface area contributed by atoms with Crippen LogP contribution in [0.5, 0.6) is 0 Å². The molecule has 2 unspecified atom stereocenters. The van der Waals surface area contributed by atoms with Crippen LogP contribution < -0.4 is 10.6 Å². The Morgan fingerprint density at radius 3 is 2.76 bits per heavy atom. The third-order valence-electron chi connectivity index (χ3n) is 3.48. The number of thiazole rings is 1. The van der Waals surface area contributed by atoms with Crippen LogP contribution in [0.4, 0.5) is 0 Å². The first-order chi connectivity index (χ1) is 9.60. The van der Waals surface area contributed by atoms with E-state index in [0.717, 1.165) is 37.1 Å². The molecule has 1 aliphatic rings. The summed E-state index contributed by atoms with van der Waals surface area (Å²) in [6.45, 7) is 10.4. The first-order valence-corrected chi connectivity index (χ1v) is 8.47. The molecule has 21 heavy (non-hydrogen) atoms. The highest BCUT2D eigenvalue weighted by Crippen LogP contribution is 2.28. The normalized spacial score (nSPS) is 21.1. The van der Waals surface area contributed by atoms with Gasteiger partial charge in [-0.1, -0.05) is 20.8 Å². The Morgan fingerprint density at radius 1 is 1.52 bits per heavy atom. The van der Waals surface area contributed by atoms with Gasteiger partial charge in [0.05, 0.1) is 10.7 Å². The largest absolute Gasteiger partial charge is 0.357 e. The number of hydrogen-bond acceptors (Lipinski definition) is 3. The van der Waals surface area contributed by atoms with Gasteiger partial charge in [0, 0.05) is 36.9 Å². The number of aliphatic imine (C=N–C) groups is 1. The summed E-state index contributed by atoms with van der Waals surface area (Å²) < 4.78 is 0. The summed E-state index contributed by atoms with van der Waals surface area (Å²) in [5.41, 5.74) is 1.16. The molecule has 0 aliphatic heterocycles. The zero-order chi connectivity index (χ0) is 14.5. The van der Waals surface area contributed by atoms with Crippen LogP contribution in [0.3, 0.4) is 0 Å². The lowest BCUT2D eigenvalue weighted by Gasteiger charge is -2.10. The van der Waals surface area contributed by atoms with E-state index in [4.69, 9.17) is 0 Å². The van der Waals surface area contributed by atoms with E-state index in [9.17, 15) is 0 Å². The minimum atomic E-state index is 0. The Hall–Kier alpha value is -0.370. The molecule has 0 radical (unpaired) electrons. The maximum atomic E-state index is 4.65. The minimum Gasteiger partial charge on any atom is -0.357 e. The fourth-order valence-electron chi connectivity index (χ4n) is 2.00. The summed E-state index contributed by atoms with van der Waals surface area (Å²) in [4.78, 5) is 9.28. The Bertz CT molecular complexity index is 458. The molecule has 1 aromatic heterocycles. The van der Waals surface area contributed by atoms with Crippen molar-refractivity contribution in [3.63, 3.8) is 0 Å². The van der Waals surface area contributed by atoms with Crippen molar-refractivity contribution < 1.29 is 0 Å². The fraction of sp³-hybridized carbons (Fsp3) is 0.733. The van der Waals surface area contributed by atoms with Gasteiger partial charge in [-0.2, -0.15) is 0 Å². The Labute approximate surface area is 149 Å². The molecular weight excluding hydrogens is 395 g/mol. The van der Waals surface area contributed by atoms with E-state index in [0.29, 0.717) is 12.0 Å². The van der Waals surface area contributed by atoms with Gasteiger partial charge in [-0.25, -0.2) is 4.98 Å². The molecule has 2 atom stereocenters. The Kier molecular flexibility index (Phi) is 7.94. The lowest BCUT2D eigenvalue weighted by molar-refractivity contribution is 0.763. The molecule has 2 N–H and O–H groups in total. The second kappa shape index (κ2) is 8.92. The molecule has 0 bridgehead atoms. The average molecular weight is 422 g/mol. The summed E-state index contributed by atoms with van der Waals surface area (Å²) in [7, 11) is 0. The standard InChI is InChI=1S/C15H26N4S.HI/c1-5-16-15(19-13-8-11(13)4)17-7-6-12-9-20-14(18-12)10(2)3;/h9-11,13H,5-8H2,1-4H3,(H2,16,17,19);1H. The Morgan fingerprint density at radius 2 is 2.24 bits per heavy atom. The van der Waals surface area contributed by atoms with Gasteiger partial charge in [0.15, 0.2) is 5.96 Å². The average Bonchev–Trinajstić information content (AvgIpc) is 2.91. The van der Waals surface area contributed by atoms with E-state index in [-0.39, 0.29) is 24.0 Å². The molecule has 1 saturated carbocycles. The molecular formula is C15H27IN4S. The van der Waals surface area contributed by atoms with Gasteiger partial charge in [-0.05, 0) is 19.3 Å². The van der Waals surface area contributed by atoms with E-state index in [1.165, 1.54) is 11.4 Å².